The summed E-state index contributed by atoms with van der Waals surface area (Å²) < 4.78 is 6.06. The molecule has 8 nitrogen and oxygen atoms in total. The van der Waals surface area contributed by atoms with Gasteiger partial charge < -0.3 is 20.1 Å². The number of carboxylic acids is 1. The first kappa shape index (κ1) is 42.0. The number of hydrogen-bond donors (Lipinski definition) is 3. The molecule has 8 aliphatic carbocycles. The number of hydrogen-bond acceptors (Lipinski definition) is 8. The zero-order chi connectivity index (χ0) is 40.9. The zero-order valence-electron chi connectivity index (χ0n) is 35.7. The smallest absolute Gasteiger partial charge is 0.306 e. The molecule has 0 aromatic rings. The summed E-state index contributed by atoms with van der Waals surface area (Å²) in [4.78, 5) is 47.5. The molecule has 3 N–H and O–H groups in total. The third-order valence-electron chi connectivity index (χ3n) is 19.8. The van der Waals surface area contributed by atoms with Crippen LogP contribution in [0.15, 0.2) is 11.6 Å². The number of fused-ring (bicyclic) bond motifs is 11. The zero-order valence-corrected chi connectivity index (χ0v) is 36.5. The van der Waals surface area contributed by atoms with E-state index in [2.05, 4.69) is 34.6 Å². The minimum atomic E-state index is -0.684. The van der Waals surface area contributed by atoms with E-state index in [0.717, 1.165) is 77.0 Å². The summed E-state index contributed by atoms with van der Waals surface area (Å²) in [5.74, 6) is 4.03. The number of rotatable bonds is 5. The minimum Gasteiger partial charge on any atom is -0.481 e. The molecule has 9 heteroatoms. The van der Waals surface area contributed by atoms with Gasteiger partial charge in [0.15, 0.2) is 10.9 Å². The van der Waals surface area contributed by atoms with Crippen LogP contribution in [0.2, 0.25) is 0 Å². The van der Waals surface area contributed by atoms with E-state index in [1.54, 1.807) is 6.92 Å². The van der Waals surface area contributed by atoms with Crippen molar-refractivity contribution in [2.24, 2.45) is 74.9 Å². The molecule has 8 fully saturated rings. The van der Waals surface area contributed by atoms with Gasteiger partial charge in [0.2, 0.25) is 0 Å². The summed E-state index contributed by atoms with van der Waals surface area (Å²) in [5.41, 5.74) is 1.62. The highest BCUT2D eigenvalue weighted by Gasteiger charge is 2.69. The maximum absolute atomic E-state index is 12.2. The van der Waals surface area contributed by atoms with E-state index in [-0.39, 0.29) is 68.0 Å². The second-order valence-corrected chi connectivity index (χ2v) is 23.4. The van der Waals surface area contributed by atoms with Gasteiger partial charge in [0.1, 0.15) is 5.60 Å². The second-order valence-electron chi connectivity index (χ2n) is 22.0. The minimum absolute atomic E-state index is 0.0119. The van der Waals surface area contributed by atoms with Crippen LogP contribution in [-0.4, -0.2) is 61.2 Å². The van der Waals surface area contributed by atoms with Crippen LogP contribution in [0.25, 0.3) is 0 Å². The maximum Gasteiger partial charge on any atom is 0.306 e. The van der Waals surface area contributed by atoms with Crippen molar-refractivity contribution >= 4 is 34.6 Å². The van der Waals surface area contributed by atoms with Crippen LogP contribution < -0.4 is 0 Å². The quantitative estimate of drug-likeness (QED) is 0.232. The predicted octanol–water partition coefficient (Wildman–Crippen LogP) is 9.33. The van der Waals surface area contributed by atoms with Gasteiger partial charge in [0.25, 0.3) is 0 Å². The standard InChI is InChI=1S/C24H32O4S.C24H40O4/c1-14(25)29-19-13-15-12-16(26)4-8-22(15,2)17-5-9-23(3)18(21(17)19)6-10-24(23)11-7-20(27)28-24;1-14(4-7-21(27)28)17-5-6-18-22-19(9-11-24(17,18)3)23(2)10-8-16(25)12-15(23)13-20(22)26/h12,17-19,21H,4-11,13H2,1-3H3;14-20,22,25-26H,4-13H2,1-3H3,(H,27,28)/t17-,18-,19+,21+,22-,23-,24+;14-,15+,16-,17-,18+,19+,20+,22+,23+,24-/m01/s1. The summed E-state index contributed by atoms with van der Waals surface area (Å²) in [6.45, 7) is 13.6. The van der Waals surface area contributed by atoms with E-state index in [0.29, 0.717) is 66.1 Å². The fourth-order valence-corrected chi connectivity index (χ4v) is 18.1. The van der Waals surface area contributed by atoms with Crippen LogP contribution in [0.1, 0.15) is 164 Å². The topological polar surface area (TPSA) is 138 Å². The Kier molecular flexibility index (Phi) is 11.1. The van der Waals surface area contributed by atoms with E-state index in [1.165, 1.54) is 43.0 Å². The Hall–Kier alpha value is -1.71. The van der Waals surface area contributed by atoms with Gasteiger partial charge in [-0.2, -0.15) is 0 Å². The second kappa shape index (κ2) is 15.0. The lowest BCUT2D eigenvalue weighted by Crippen LogP contribution is -2.58. The van der Waals surface area contributed by atoms with Crippen LogP contribution in [0.5, 0.6) is 0 Å². The molecule has 0 bridgehead atoms. The average Bonchev–Trinajstić information content (AvgIpc) is 3.80. The van der Waals surface area contributed by atoms with E-state index in [9.17, 15) is 29.4 Å². The van der Waals surface area contributed by atoms with Crippen molar-refractivity contribution in [2.75, 3.05) is 0 Å². The lowest BCUT2D eigenvalue weighted by Gasteiger charge is -2.62. The van der Waals surface area contributed by atoms with Crippen molar-refractivity contribution in [2.45, 2.75) is 187 Å². The molecule has 0 radical (unpaired) electrons. The van der Waals surface area contributed by atoms with E-state index in [1.807, 2.05) is 6.08 Å². The molecule has 57 heavy (non-hydrogen) atoms. The van der Waals surface area contributed by atoms with Crippen molar-refractivity contribution in [1.29, 1.82) is 0 Å². The van der Waals surface area contributed by atoms with Crippen LogP contribution in [0.4, 0.5) is 0 Å². The molecule has 1 heterocycles. The largest absolute Gasteiger partial charge is 0.481 e. The van der Waals surface area contributed by atoms with Gasteiger partial charge in [0, 0.05) is 36.9 Å². The number of carbonyl (C=O) groups excluding carboxylic acids is 3. The van der Waals surface area contributed by atoms with Crippen molar-refractivity contribution in [3.8, 4) is 0 Å². The van der Waals surface area contributed by atoms with Crippen LogP contribution in [0, 0.1) is 74.9 Å². The monoisotopic (exact) mass is 808 g/mol. The van der Waals surface area contributed by atoms with Gasteiger partial charge in [-0.3, -0.25) is 19.2 Å². The molecule has 0 aromatic carbocycles. The molecular weight excluding hydrogens is 737 g/mol. The number of aliphatic hydroxyl groups excluding tert-OH is 2. The van der Waals surface area contributed by atoms with Crippen molar-refractivity contribution in [3.05, 3.63) is 11.6 Å². The first-order valence-corrected chi connectivity index (χ1v) is 23.9. The fraction of sp³-hybridized carbons (Fsp3) is 0.875. The lowest BCUT2D eigenvalue weighted by molar-refractivity contribution is -0.174. The Morgan fingerprint density at radius 3 is 2.23 bits per heavy atom. The average molecular weight is 809 g/mol. The Balaban J connectivity index is 0.000000160. The molecule has 9 aliphatic rings. The molecule has 0 amide bonds. The fourth-order valence-electron chi connectivity index (χ4n) is 16.9. The van der Waals surface area contributed by atoms with Crippen molar-refractivity contribution in [3.63, 3.8) is 0 Å². The maximum atomic E-state index is 12.2. The number of ketones is 1. The van der Waals surface area contributed by atoms with Gasteiger partial charge in [-0.25, -0.2) is 0 Å². The number of aliphatic hydroxyl groups is 2. The van der Waals surface area contributed by atoms with Gasteiger partial charge >= 0.3 is 11.9 Å². The molecule has 17 atom stereocenters. The van der Waals surface area contributed by atoms with Crippen molar-refractivity contribution in [1.82, 2.24) is 0 Å². The van der Waals surface area contributed by atoms with Gasteiger partial charge in [-0.05, 0) is 178 Å². The predicted molar refractivity (Wildman–Crippen MR) is 221 cm³/mol. The molecule has 318 valence electrons. The number of ether oxygens (including phenoxy) is 1. The Morgan fingerprint density at radius 1 is 0.825 bits per heavy atom. The summed E-state index contributed by atoms with van der Waals surface area (Å²) in [6, 6.07) is 0. The summed E-state index contributed by atoms with van der Waals surface area (Å²) >= 11 is 1.50. The third kappa shape index (κ3) is 6.75. The Morgan fingerprint density at radius 2 is 1.53 bits per heavy atom. The normalized spacial score (nSPS) is 50.1. The molecule has 1 saturated heterocycles. The molecule has 7 saturated carbocycles. The van der Waals surface area contributed by atoms with Crippen molar-refractivity contribution < 1.29 is 39.2 Å². The highest BCUT2D eigenvalue weighted by molar-refractivity contribution is 8.14. The summed E-state index contributed by atoms with van der Waals surface area (Å²) in [5, 5.41) is 31.0. The van der Waals surface area contributed by atoms with Crippen LogP contribution in [0.3, 0.4) is 0 Å². The number of aliphatic carboxylic acids is 1. The number of carboxylic acid groups (broad SMARTS) is 1. The first-order valence-electron chi connectivity index (χ1n) is 23.1. The lowest BCUT2D eigenvalue weighted by atomic mass is 9.43. The molecule has 1 spiro atoms. The Bertz CT molecular complexity index is 1660. The number of esters is 1. The first-order chi connectivity index (χ1) is 26.8. The molecule has 0 aromatic heterocycles. The van der Waals surface area contributed by atoms with E-state index in [4.69, 9.17) is 9.84 Å². The van der Waals surface area contributed by atoms with E-state index >= 15 is 0 Å². The SMILES string of the molecule is CC(=O)S[C@@H]1CC2=CC(=O)CC[C@]2(C)[C@H]2CC[C@@]3(C)[C@@H](CC[C@@]34CCC(=O)O4)[C@H]12.C[C@H](CCC(=O)O)[C@H]1CC[C@H]2[C@@H]3[C@@H](O)C[C@@H]4C[C@H](O)CC[C@]4(C)[C@H]3CC[C@]12C. The molecule has 9 rings (SSSR count). The summed E-state index contributed by atoms with van der Waals surface area (Å²) in [6.07, 6.45) is 19.2. The van der Waals surface area contributed by atoms with Gasteiger partial charge in [0.05, 0.1) is 12.2 Å². The Labute approximate surface area is 345 Å². The number of carbonyl (C=O) groups is 4. The van der Waals surface area contributed by atoms with Gasteiger partial charge in [-0.1, -0.05) is 52.0 Å². The molecular formula is C48H72O8S. The van der Waals surface area contributed by atoms with Crippen LogP contribution in [-0.2, 0) is 23.9 Å². The summed E-state index contributed by atoms with van der Waals surface area (Å²) in [7, 11) is 0. The van der Waals surface area contributed by atoms with Crippen LogP contribution >= 0.6 is 11.8 Å². The van der Waals surface area contributed by atoms with E-state index < -0.39 is 5.97 Å². The van der Waals surface area contributed by atoms with Gasteiger partial charge in [-0.15, -0.1) is 0 Å². The third-order valence-corrected chi connectivity index (χ3v) is 21.0. The molecule has 1 aliphatic heterocycles. The number of thioether (sulfide) groups is 1. The molecule has 0 unspecified atom stereocenters. The highest BCUT2D eigenvalue weighted by atomic mass is 32.2. The number of allylic oxidation sites excluding steroid dienone is 1. The highest BCUT2D eigenvalue weighted by Crippen LogP contribution is 2.71.